The lowest BCUT2D eigenvalue weighted by Gasteiger charge is -2.34. The summed E-state index contributed by atoms with van der Waals surface area (Å²) in [4.78, 5) is 0.418. The molecule has 0 aliphatic carbocycles. The summed E-state index contributed by atoms with van der Waals surface area (Å²) in [5.41, 5.74) is 2.92. The van der Waals surface area contributed by atoms with E-state index < -0.39 is 10.0 Å². The van der Waals surface area contributed by atoms with Crippen molar-refractivity contribution in [2.24, 2.45) is 0 Å². The fourth-order valence-electron chi connectivity index (χ4n) is 2.68. The average molecular weight is 297 g/mol. The van der Waals surface area contributed by atoms with Gasteiger partial charge in [0.25, 0.3) is 0 Å². The Hall–Kier alpha value is -0.910. The van der Waals surface area contributed by atoms with E-state index in [1.54, 1.807) is 10.4 Å². The minimum absolute atomic E-state index is 0.0691. The molecule has 0 amide bonds. The number of benzene rings is 1. The lowest BCUT2D eigenvalue weighted by molar-refractivity contribution is -0.0440. The van der Waals surface area contributed by atoms with Gasteiger partial charge in [-0.2, -0.15) is 4.31 Å². The summed E-state index contributed by atoms with van der Waals surface area (Å²) in [6.45, 7) is 10.4. The van der Waals surface area contributed by atoms with Crippen LogP contribution in [0.15, 0.2) is 17.0 Å². The van der Waals surface area contributed by atoms with Gasteiger partial charge < -0.3 is 4.74 Å². The molecule has 2 atom stereocenters. The highest BCUT2D eigenvalue weighted by Crippen LogP contribution is 2.25. The van der Waals surface area contributed by atoms with Crippen molar-refractivity contribution in [3.8, 4) is 0 Å². The highest BCUT2D eigenvalue weighted by atomic mass is 32.2. The first kappa shape index (κ1) is 15.5. The van der Waals surface area contributed by atoms with E-state index in [1.807, 2.05) is 40.7 Å². The van der Waals surface area contributed by atoms with Crippen LogP contribution >= 0.6 is 0 Å². The van der Waals surface area contributed by atoms with Gasteiger partial charge in [-0.15, -0.1) is 0 Å². The molecule has 0 bridgehead atoms. The molecular formula is C15H23NO3S. The molecule has 1 aromatic rings. The smallest absolute Gasteiger partial charge is 0.243 e. The van der Waals surface area contributed by atoms with Crippen molar-refractivity contribution in [2.75, 3.05) is 13.1 Å². The normalized spacial score (nSPS) is 24.9. The van der Waals surface area contributed by atoms with Gasteiger partial charge >= 0.3 is 0 Å². The Balaban J connectivity index is 2.42. The Morgan fingerprint density at radius 2 is 1.50 bits per heavy atom. The lowest BCUT2D eigenvalue weighted by atomic mass is 10.1. The molecule has 1 heterocycles. The molecule has 1 saturated heterocycles. The van der Waals surface area contributed by atoms with Crippen LogP contribution in [0.4, 0.5) is 0 Å². The number of rotatable bonds is 2. The molecule has 1 fully saturated rings. The highest BCUT2D eigenvalue weighted by molar-refractivity contribution is 7.89. The van der Waals surface area contributed by atoms with Crippen LogP contribution < -0.4 is 0 Å². The second-order valence-electron chi connectivity index (χ2n) is 5.78. The van der Waals surface area contributed by atoms with Gasteiger partial charge in [-0.25, -0.2) is 8.42 Å². The molecule has 1 aliphatic rings. The number of morpholine rings is 1. The Labute approximate surface area is 121 Å². The Kier molecular flexibility index (Phi) is 4.23. The predicted octanol–water partition coefficient (Wildman–Crippen LogP) is 2.41. The van der Waals surface area contributed by atoms with E-state index >= 15 is 0 Å². The summed E-state index contributed by atoms with van der Waals surface area (Å²) >= 11 is 0. The monoisotopic (exact) mass is 297 g/mol. The van der Waals surface area contributed by atoms with Crippen LogP contribution in [0, 0.1) is 20.8 Å². The maximum Gasteiger partial charge on any atom is 0.243 e. The summed E-state index contributed by atoms with van der Waals surface area (Å²) < 4.78 is 32.8. The van der Waals surface area contributed by atoms with Gasteiger partial charge in [-0.1, -0.05) is 6.07 Å². The topological polar surface area (TPSA) is 46.6 Å². The minimum Gasteiger partial charge on any atom is -0.373 e. The third-order valence-electron chi connectivity index (χ3n) is 3.80. The molecule has 1 aromatic carbocycles. The van der Waals surface area contributed by atoms with Crippen molar-refractivity contribution in [1.29, 1.82) is 0 Å². The molecule has 2 rings (SSSR count). The summed E-state index contributed by atoms with van der Waals surface area (Å²) in [5.74, 6) is 0. The van der Waals surface area contributed by atoms with Gasteiger partial charge in [0.15, 0.2) is 0 Å². The maximum atomic E-state index is 12.8. The zero-order valence-corrected chi connectivity index (χ0v) is 13.6. The predicted molar refractivity (Wildman–Crippen MR) is 79.4 cm³/mol. The van der Waals surface area contributed by atoms with Crippen LogP contribution in [-0.2, 0) is 14.8 Å². The number of hydrogen-bond acceptors (Lipinski definition) is 3. The number of hydrogen-bond donors (Lipinski definition) is 0. The quantitative estimate of drug-likeness (QED) is 0.842. The fraction of sp³-hybridized carbons (Fsp3) is 0.600. The van der Waals surface area contributed by atoms with E-state index in [-0.39, 0.29) is 12.2 Å². The van der Waals surface area contributed by atoms with Crippen LogP contribution in [0.3, 0.4) is 0 Å². The third kappa shape index (κ3) is 2.90. The maximum absolute atomic E-state index is 12.8. The minimum atomic E-state index is -3.44. The Bertz CT molecular complexity index is 600. The summed E-state index contributed by atoms with van der Waals surface area (Å²) in [7, 11) is -3.44. The molecule has 112 valence electrons. The number of ether oxygens (including phenoxy) is 1. The van der Waals surface area contributed by atoms with Crippen LogP contribution in [0.5, 0.6) is 0 Å². The van der Waals surface area contributed by atoms with Gasteiger partial charge in [0.05, 0.1) is 17.1 Å². The SMILES string of the molecule is Cc1cc(C)c(S(=O)(=O)N2C[C@H](C)O[C@@H](C)C2)cc1C. The summed E-state index contributed by atoms with van der Waals surface area (Å²) in [6.07, 6.45) is -0.138. The molecule has 0 radical (unpaired) electrons. The molecule has 20 heavy (non-hydrogen) atoms. The Morgan fingerprint density at radius 1 is 1.00 bits per heavy atom. The Morgan fingerprint density at radius 3 is 2.05 bits per heavy atom. The summed E-state index contributed by atoms with van der Waals surface area (Å²) in [5, 5.41) is 0. The zero-order chi connectivity index (χ0) is 15.1. The fourth-order valence-corrected chi connectivity index (χ4v) is 4.56. The van der Waals surface area contributed by atoms with Crippen molar-refractivity contribution in [3.05, 3.63) is 28.8 Å². The zero-order valence-electron chi connectivity index (χ0n) is 12.8. The second-order valence-corrected chi connectivity index (χ2v) is 7.69. The first-order valence-corrected chi connectivity index (χ1v) is 8.39. The van der Waals surface area contributed by atoms with E-state index in [0.29, 0.717) is 18.0 Å². The number of aryl methyl sites for hydroxylation is 3. The van der Waals surface area contributed by atoms with Crippen LogP contribution in [0.1, 0.15) is 30.5 Å². The van der Waals surface area contributed by atoms with Crippen LogP contribution in [0.25, 0.3) is 0 Å². The van der Waals surface area contributed by atoms with E-state index in [9.17, 15) is 8.42 Å². The number of sulfonamides is 1. The van der Waals surface area contributed by atoms with Crippen molar-refractivity contribution in [2.45, 2.75) is 51.7 Å². The molecule has 4 nitrogen and oxygen atoms in total. The van der Waals surface area contributed by atoms with Gasteiger partial charge in [-0.05, 0) is 57.4 Å². The van der Waals surface area contributed by atoms with Gasteiger partial charge in [0.2, 0.25) is 10.0 Å². The molecule has 1 aliphatic heterocycles. The van der Waals surface area contributed by atoms with Crippen molar-refractivity contribution >= 4 is 10.0 Å². The van der Waals surface area contributed by atoms with Crippen molar-refractivity contribution in [1.82, 2.24) is 4.31 Å². The third-order valence-corrected chi connectivity index (χ3v) is 5.77. The van der Waals surface area contributed by atoms with Crippen molar-refractivity contribution < 1.29 is 13.2 Å². The first-order chi connectivity index (χ1) is 9.21. The standard InChI is InChI=1S/C15H23NO3S/c1-10-6-12(3)15(7-11(10)2)20(17,18)16-8-13(4)19-14(5)9-16/h6-7,13-14H,8-9H2,1-5H3/t13-,14-/m0/s1. The van der Waals surface area contributed by atoms with Gasteiger partial charge in [-0.3, -0.25) is 0 Å². The molecule has 0 unspecified atom stereocenters. The molecule has 0 spiro atoms. The second kappa shape index (κ2) is 5.47. The lowest BCUT2D eigenvalue weighted by Crippen LogP contribution is -2.48. The average Bonchev–Trinajstić information content (AvgIpc) is 2.32. The van der Waals surface area contributed by atoms with Gasteiger partial charge in [0.1, 0.15) is 0 Å². The molecule has 0 N–H and O–H groups in total. The molecule has 0 aromatic heterocycles. The number of nitrogens with zero attached hydrogens (tertiary/aromatic N) is 1. The molecule has 5 heteroatoms. The van der Waals surface area contributed by atoms with E-state index in [1.165, 1.54) is 0 Å². The van der Waals surface area contributed by atoms with E-state index in [4.69, 9.17) is 4.74 Å². The van der Waals surface area contributed by atoms with Crippen LogP contribution in [0.2, 0.25) is 0 Å². The highest BCUT2D eigenvalue weighted by Gasteiger charge is 2.33. The molecule has 0 saturated carbocycles. The van der Waals surface area contributed by atoms with Crippen molar-refractivity contribution in [3.63, 3.8) is 0 Å². The molecular weight excluding hydrogens is 274 g/mol. The van der Waals surface area contributed by atoms with E-state index in [2.05, 4.69) is 0 Å². The van der Waals surface area contributed by atoms with Crippen LogP contribution in [-0.4, -0.2) is 38.0 Å². The largest absolute Gasteiger partial charge is 0.373 e. The summed E-state index contributed by atoms with van der Waals surface area (Å²) in [6, 6.07) is 3.72. The van der Waals surface area contributed by atoms with E-state index in [0.717, 1.165) is 16.7 Å². The van der Waals surface area contributed by atoms with Gasteiger partial charge in [0, 0.05) is 13.1 Å². The first-order valence-electron chi connectivity index (χ1n) is 6.95.